The van der Waals surface area contributed by atoms with Crippen molar-refractivity contribution in [3.63, 3.8) is 0 Å². The molecule has 0 radical (unpaired) electrons. The van der Waals surface area contributed by atoms with E-state index >= 15 is 0 Å². The Balaban J connectivity index is 2.78. The Labute approximate surface area is 68.2 Å². The van der Waals surface area contributed by atoms with E-state index in [0.717, 1.165) is 0 Å². The van der Waals surface area contributed by atoms with Crippen LogP contribution in [-0.2, 0) is 11.5 Å². The standard InChI is InChI=1S/C7H7NO4/c9-7(10)5-1-2-6(4-12-11)8-3-5/h1-3,11H,4H2,(H,9,10). The predicted octanol–water partition coefficient (Wildman–Crippen LogP) is 0.769. The molecule has 0 amide bonds. The molecule has 0 bridgehead atoms. The summed E-state index contributed by atoms with van der Waals surface area (Å²) in [5, 5.41) is 16.5. The van der Waals surface area contributed by atoms with Crippen LogP contribution in [0.1, 0.15) is 16.1 Å². The predicted molar refractivity (Wildman–Crippen MR) is 38.6 cm³/mol. The van der Waals surface area contributed by atoms with Gasteiger partial charge in [-0.3, -0.25) is 10.2 Å². The number of carboxylic acid groups (broad SMARTS) is 1. The van der Waals surface area contributed by atoms with Crippen molar-refractivity contribution in [1.29, 1.82) is 0 Å². The Bertz CT molecular complexity index is 269. The first-order valence-electron chi connectivity index (χ1n) is 3.18. The Morgan fingerprint density at radius 2 is 2.33 bits per heavy atom. The Morgan fingerprint density at radius 3 is 2.75 bits per heavy atom. The highest BCUT2D eigenvalue weighted by atomic mass is 17.1. The molecule has 0 saturated heterocycles. The number of carboxylic acids is 1. The lowest BCUT2D eigenvalue weighted by Gasteiger charge is -1.96. The van der Waals surface area contributed by atoms with Gasteiger partial charge in [-0.15, -0.1) is 0 Å². The molecule has 0 unspecified atom stereocenters. The molecule has 1 rings (SSSR count). The van der Waals surface area contributed by atoms with E-state index in [1.54, 1.807) is 0 Å². The third kappa shape index (κ3) is 2.01. The van der Waals surface area contributed by atoms with Gasteiger partial charge in [0.2, 0.25) is 0 Å². The number of pyridine rings is 1. The van der Waals surface area contributed by atoms with Gasteiger partial charge in [0.25, 0.3) is 0 Å². The maximum atomic E-state index is 10.3. The van der Waals surface area contributed by atoms with Crippen LogP contribution in [-0.4, -0.2) is 21.3 Å². The van der Waals surface area contributed by atoms with E-state index in [9.17, 15) is 4.79 Å². The third-order valence-corrected chi connectivity index (χ3v) is 1.28. The Kier molecular flexibility index (Phi) is 2.73. The molecular weight excluding hydrogens is 162 g/mol. The lowest BCUT2D eigenvalue weighted by atomic mass is 10.2. The van der Waals surface area contributed by atoms with Crippen molar-refractivity contribution in [2.45, 2.75) is 6.61 Å². The largest absolute Gasteiger partial charge is 0.478 e. The van der Waals surface area contributed by atoms with Gasteiger partial charge in [0.1, 0.15) is 6.61 Å². The van der Waals surface area contributed by atoms with E-state index in [0.29, 0.717) is 5.69 Å². The molecule has 5 nitrogen and oxygen atoms in total. The Hall–Kier alpha value is -1.46. The smallest absolute Gasteiger partial charge is 0.337 e. The summed E-state index contributed by atoms with van der Waals surface area (Å²) in [6.07, 6.45) is 1.21. The minimum atomic E-state index is -1.03. The van der Waals surface area contributed by atoms with E-state index in [1.807, 2.05) is 0 Å². The maximum absolute atomic E-state index is 10.3. The van der Waals surface area contributed by atoms with Crippen molar-refractivity contribution in [2.24, 2.45) is 0 Å². The quantitative estimate of drug-likeness (QED) is 0.516. The minimum absolute atomic E-state index is 0.0418. The second kappa shape index (κ2) is 3.80. The molecule has 1 aromatic rings. The van der Waals surface area contributed by atoms with Crippen LogP contribution in [0.2, 0.25) is 0 Å². The number of aromatic carboxylic acids is 1. The number of aromatic nitrogens is 1. The van der Waals surface area contributed by atoms with Crippen LogP contribution in [0, 0.1) is 0 Å². The molecule has 0 aromatic carbocycles. The monoisotopic (exact) mass is 169 g/mol. The maximum Gasteiger partial charge on any atom is 0.337 e. The number of carbonyl (C=O) groups is 1. The summed E-state index contributed by atoms with van der Waals surface area (Å²) in [7, 11) is 0. The summed E-state index contributed by atoms with van der Waals surface area (Å²) < 4.78 is 0. The molecule has 1 aromatic heterocycles. The van der Waals surface area contributed by atoms with E-state index in [4.69, 9.17) is 10.4 Å². The van der Waals surface area contributed by atoms with Crippen LogP contribution < -0.4 is 0 Å². The molecule has 0 aliphatic rings. The second-order valence-electron chi connectivity index (χ2n) is 2.12. The lowest BCUT2D eigenvalue weighted by molar-refractivity contribution is -0.253. The molecule has 0 saturated carbocycles. The van der Waals surface area contributed by atoms with Gasteiger partial charge < -0.3 is 5.11 Å². The van der Waals surface area contributed by atoms with Crippen LogP contribution in [0.4, 0.5) is 0 Å². The normalized spacial score (nSPS) is 9.75. The zero-order valence-electron chi connectivity index (χ0n) is 6.10. The molecule has 0 fully saturated rings. The van der Waals surface area contributed by atoms with Crippen molar-refractivity contribution in [1.82, 2.24) is 4.98 Å². The minimum Gasteiger partial charge on any atom is -0.478 e. The van der Waals surface area contributed by atoms with Crippen molar-refractivity contribution >= 4 is 5.97 Å². The fourth-order valence-electron chi connectivity index (χ4n) is 0.703. The molecule has 5 heteroatoms. The fraction of sp³-hybridized carbons (Fsp3) is 0.143. The summed E-state index contributed by atoms with van der Waals surface area (Å²) in [4.78, 5) is 17.9. The SMILES string of the molecule is O=C(O)c1ccc(COO)nc1. The lowest BCUT2D eigenvalue weighted by Crippen LogP contribution is -1.99. The third-order valence-electron chi connectivity index (χ3n) is 1.28. The van der Waals surface area contributed by atoms with Gasteiger partial charge in [-0.1, -0.05) is 0 Å². The average molecular weight is 169 g/mol. The molecule has 64 valence electrons. The van der Waals surface area contributed by atoms with Gasteiger partial charge in [0, 0.05) is 6.20 Å². The van der Waals surface area contributed by atoms with Crippen molar-refractivity contribution < 1.29 is 20.0 Å². The summed E-state index contributed by atoms with van der Waals surface area (Å²) in [6, 6.07) is 2.86. The van der Waals surface area contributed by atoms with Crippen LogP contribution >= 0.6 is 0 Å². The summed E-state index contributed by atoms with van der Waals surface area (Å²) in [5.41, 5.74) is 0.583. The van der Waals surface area contributed by atoms with E-state index in [2.05, 4.69) is 9.87 Å². The summed E-state index contributed by atoms with van der Waals surface area (Å²) >= 11 is 0. The van der Waals surface area contributed by atoms with E-state index in [-0.39, 0.29) is 12.2 Å². The van der Waals surface area contributed by atoms with E-state index < -0.39 is 5.97 Å². The fourth-order valence-corrected chi connectivity index (χ4v) is 0.703. The second-order valence-corrected chi connectivity index (χ2v) is 2.12. The topological polar surface area (TPSA) is 79.7 Å². The number of hydrogen-bond donors (Lipinski definition) is 2. The van der Waals surface area contributed by atoms with Gasteiger partial charge in [-0.25, -0.2) is 9.68 Å². The number of nitrogens with zero attached hydrogens (tertiary/aromatic N) is 1. The number of rotatable bonds is 3. The van der Waals surface area contributed by atoms with Crippen LogP contribution in [0.15, 0.2) is 18.3 Å². The van der Waals surface area contributed by atoms with Crippen LogP contribution in [0.5, 0.6) is 0 Å². The Morgan fingerprint density at radius 1 is 1.58 bits per heavy atom. The highest BCUT2D eigenvalue weighted by molar-refractivity contribution is 5.87. The molecule has 2 N–H and O–H groups in total. The van der Waals surface area contributed by atoms with Crippen molar-refractivity contribution in [3.8, 4) is 0 Å². The molecule has 12 heavy (non-hydrogen) atoms. The van der Waals surface area contributed by atoms with Crippen molar-refractivity contribution in [2.75, 3.05) is 0 Å². The number of hydrogen-bond acceptors (Lipinski definition) is 4. The zero-order valence-corrected chi connectivity index (χ0v) is 6.10. The van der Waals surface area contributed by atoms with Gasteiger partial charge in [0.05, 0.1) is 11.3 Å². The first-order valence-corrected chi connectivity index (χ1v) is 3.18. The van der Waals surface area contributed by atoms with Crippen LogP contribution in [0.3, 0.4) is 0 Å². The van der Waals surface area contributed by atoms with Gasteiger partial charge in [-0.2, -0.15) is 0 Å². The molecule has 0 spiro atoms. The zero-order chi connectivity index (χ0) is 8.97. The summed E-state index contributed by atoms with van der Waals surface area (Å²) in [5.74, 6) is -1.03. The first kappa shape index (κ1) is 8.63. The van der Waals surface area contributed by atoms with Gasteiger partial charge in [-0.05, 0) is 12.1 Å². The van der Waals surface area contributed by atoms with E-state index in [1.165, 1.54) is 18.3 Å². The molecule has 0 atom stereocenters. The van der Waals surface area contributed by atoms with Gasteiger partial charge in [0.15, 0.2) is 0 Å². The summed E-state index contributed by atoms with van der Waals surface area (Å²) in [6.45, 7) is -0.0418. The highest BCUT2D eigenvalue weighted by Crippen LogP contribution is 2.00. The first-order chi connectivity index (χ1) is 5.74. The molecule has 0 aliphatic heterocycles. The van der Waals surface area contributed by atoms with Crippen LogP contribution in [0.25, 0.3) is 0 Å². The van der Waals surface area contributed by atoms with Crippen molar-refractivity contribution in [3.05, 3.63) is 29.6 Å². The molecular formula is C7H7NO4. The average Bonchev–Trinajstić information content (AvgIpc) is 2.06. The highest BCUT2D eigenvalue weighted by Gasteiger charge is 2.02. The molecule has 1 heterocycles. The molecule has 0 aliphatic carbocycles. The van der Waals surface area contributed by atoms with Gasteiger partial charge >= 0.3 is 5.97 Å².